The number of halogens is 2. The maximum atomic E-state index is 13.1. The van der Waals surface area contributed by atoms with Crippen LogP contribution in [0.4, 0.5) is 10.1 Å². The Labute approximate surface area is 193 Å². The first kappa shape index (κ1) is 23.7. The van der Waals surface area contributed by atoms with Crippen molar-refractivity contribution in [2.24, 2.45) is 11.7 Å². The topological polar surface area (TPSA) is 125 Å². The average molecular weight is 472 g/mol. The molecule has 8 nitrogen and oxygen atoms in total. The van der Waals surface area contributed by atoms with Gasteiger partial charge in [0.15, 0.2) is 0 Å². The third-order valence-corrected chi connectivity index (χ3v) is 5.00. The lowest BCUT2D eigenvalue weighted by molar-refractivity contribution is -0.385. The lowest BCUT2D eigenvalue weighted by atomic mass is 9.98. The number of benzene rings is 3. The minimum atomic E-state index is -0.674. The summed E-state index contributed by atoms with van der Waals surface area (Å²) in [4.78, 5) is 34.8. The normalized spacial score (nSPS) is 11.5. The van der Waals surface area contributed by atoms with E-state index in [-0.39, 0.29) is 46.6 Å². The number of rotatable bonds is 9. The molecule has 0 aliphatic carbocycles. The lowest BCUT2D eigenvalue weighted by Crippen LogP contribution is -2.37. The number of hydrogen-bond acceptors (Lipinski definition) is 5. The predicted molar refractivity (Wildman–Crippen MR) is 120 cm³/mol. The van der Waals surface area contributed by atoms with Crippen LogP contribution in [0.15, 0.2) is 66.7 Å². The zero-order chi connectivity index (χ0) is 24.0. The van der Waals surface area contributed by atoms with Gasteiger partial charge in [-0.05, 0) is 60.5 Å². The summed E-state index contributed by atoms with van der Waals surface area (Å²) in [6.45, 7) is 0.000758. The Balaban J connectivity index is 1.62. The smallest absolute Gasteiger partial charge is 0.313 e. The van der Waals surface area contributed by atoms with Crippen molar-refractivity contribution >= 4 is 29.1 Å². The second-order valence-corrected chi connectivity index (χ2v) is 7.57. The Morgan fingerprint density at radius 3 is 2.36 bits per heavy atom. The molecule has 0 saturated carbocycles. The molecule has 3 aromatic rings. The number of amides is 2. The van der Waals surface area contributed by atoms with Crippen molar-refractivity contribution in [3.05, 3.63) is 98.8 Å². The van der Waals surface area contributed by atoms with E-state index in [1.807, 2.05) is 0 Å². The standard InChI is InChI=1S/C23H19ClFN3O5/c24-17-5-10-21(20(12-17)28(31)32)33-19-8-3-15(4-9-19)23(30)27-13-16(22(26)29)11-14-1-6-18(25)7-2-14/h1-10,12,16H,11,13H2,(H2,26,29)(H,27,30). The average Bonchev–Trinajstić information content (AvgIpc) is 2.79. The lowest BCUT2D eigenvalue weighted by Gasteiger charge is -2.15. The maximum Gasteiger partial charge on any atom is 0.313 e. The summed E-state index contributed by atoms with van der Waals surface area (Å²) in [6.07, 6.45) is 0.253. The highest BCUT2D eigenvalue weighted by Gasteiger charge is 2.19. The molecular weight excluding hydrogens is 453 g/mol. The van der Waals surface area contributed by atoms with Gasteiger partial charge in [-0.15, -0.1) is 0 Å². The van der Waals surface area contributed by atoms with Crippen LogP contribution in [-0.4, -0.2) is 23.3 Å². The predicted octanol–water partition coefficient (Wildman–Crippen LogP) is 4.25. The third-order valence-electron chi connectivity index (χ3n) is 4.77. The Hall–Kier alpha value is -3.98. The van der Waals surface area contributed by atoms with Crippen molar-refractivity contribution in [3.8, 4) is 11.5 Å². The molecule has 0 aliphatic rings. The molecule has 1 unspecified atom stereocenters. The summed E-state index contributed by atoms with van der Waals surface area (Å²) >= 11 is 5.79. The molecule has 0 radical (unpaired) electrons. The van der Waals surface area contributed by atoms with E-state index >= 15 is 0 Å². The number of nitrogens with one attached hydrogen (secondary N) is 1. The van der Waals surface area contributed by atoms with Crippen molar-refractivity contribution in [2.45, 2.75) is 6.42 Å². The minimum absolute atomic E-state index is 0.000758. The number of primary amides is 1. The highest BCUT2D eigenvalue weighted by molar-refractivity contribution is 6.30. The Bertz CT molecular complexity index is 1170. The van der Waals surface area contributed by atoms with Crippen molar-refractivity contribution in [3.63, 3.8) is 0 Å². The highest BCUT2D eigenvalue weighted by Crippen LogP contribution is 2.33. The molecule has 3 rings (SSSR count). The molecule has 170 valence electrons. The van der Waals surface area contributed by atoms with Gasteiger partial charge in [-0.2, -0.15) is 0 Å². The van der Waals surface area contributed by atoms with Crippen LogP contribution >= 0.6 is 11.6 Å². The molecule has 0 aromatic heterocycles. The molecule has 1 atom stereocenters. The van der Waals surface area contributed by atoms with E-state index in [2.05, 4.69) is 5.32 Å². The van der Waals surface area contributed by atoms with Crippen molar-refractivity contribution < 1.29 is 23.6 Å². The van der Waals surface area contributed by atoms with E-state index in [0.29, 0.717) is 5.56 Å². The zero-order valence-corrected chi connectivity index (χ0v) is 17.9. The third kappa shape index (κ3) is 6.50. The quantitative estimate of drug-likeness (QED) is 0.356. The Morgan fingerprint density at radius 1 is 1.09 bits per heavy atom. The molecule has 33 heavy (non-hydrogen) atoms. The van der Waals surface area contributed by atoms with Gasteiger partial charge in [-0.1, -0.05) is 23.7 Å². The van der Waals surface area contributed by atoms with Gasteiger partial charge in [0.25, 0.3) is 5.91 Å². The zero-order valence-electron chi connectivity index (χ0n) is 17.2. The van der Waals surface area contributed by atoms with Gasteiger partial charge in [0.05, 0.1) is 10.8 Å². The van der Waals surface area contributed by atoms with E-state index < -0.39 is 22.7 Å². The van der Waals surface area contributed by atoms with Gasteiger partial charge in [-0.25, -0.2) is 4.39 Å². The van der Waals surface area contributed by atoms with E-state index in [1.54, 1.807) is 12.1 Å². The summed E-state index contributed by atoms with van der Waals surface area (Å²) < 4.78 is 18.6. The van der Waals surface area contributed by atoms with Crippen LogP contribution in [0.25, 0.3) is 0 Å². The number of nitrogens with two attached hydrogens (primary N) is 1. The van der Waals surface area contributed by atoms with Crippen LogP contribution in [0, 0.1) is 21.8 Å². The minimum Gasteiger partial charge on any atom is -0.450 e. The van der Waals surface area contributed by atoms with Crippen LogP contribution in [0.3, 0.4) is 0 Å². The number of hydrogen-bond donors (Lipinski definition) is 2. The molecule has 3 N–H and O–H groups in total. The molecule has 0 saturated heterocycles. The van der Waals surface area contributed by atoms with Crippen molar-refractivity contribution in [1.29, 1.82) is 0 Å². The first-order valence-electron chi connectivity index (χ1n) is 9.76. The van der Waals surface area contributed by atoms with Crippen LogP contribution in [0.5, 0.6) is 11.5 Å². The van der Waals surface area contributed by atoms with Gasteiger partial charge in [0, 0.05) is 23.2 Å². The number of nitro benzene ring substituents is 1. The van der Waals surface area contributed by atoms with E-state index in [9.17, 15) is 24.1 Å². The monoisotopic (exact) mass is 471 g/mol. The molecule has 0 bridgehead atoms. The number of nitro groups is 1. The molecule has 0 spiro atoms. The number of ether oxygens (including phenoxy) is 1. The largest absolute Gasteiger partial charge is 0.450 e. The fraction of sp³-hybridized carbons (Fsp3) is 0.130. The Kier molecular flexibility index (Phi) is 7.57. The molecule has 0 heterocycles. The second-order valence-electron chi connectivity index (χ2n) is 7.14. The number of carbonyl (C=O) groups is 2. The van der Waals surface area contributed by atoms with Crippen molar-refractivity contribution in [1.82, 2.24) is 5.32 Å². The summed E-state index contributed by atoms with van der Waals surface area (Å²) in [5.74, 6) is -1.81. The maximum absolute atomic E-state index is 13.1. The van der Waals surface area contributed by atoms with Crippen molar-refractivity contribution in [2.75, 3.05) is 6.54 Å². The molecular formula is C23H19ClFN3O5. The fourth-order valence-corrected chi connectivity index (χ4v) is 3.18. The summed E-state index contributed by atoms with van der Waals surface area (Å²) in [7, 11) is 0. The van der Waals surface area contributed by atoms with Gasteiger partial charge in [0.2, 0.25) is 11.7 Å². The van der Waals surface area contributed by atoms with Gasteiger partial charge >= 0.3 is 5.69 Å². The van der Waals surface area contributed by atoms with E-state index in [0.717, 1.165) is 0 Å². The highest BCUT2D eigenvalue weighted by atomic mass is 35.5. The number of nitrogens with zero attached hydrogens (tertiary/aromatic N) is 1. The fourth-order valence-electron chi connectivity index (χ4n) is 3.02. The SMILES string of the molecule is NC(=O)C(CNC(=O)c1ccc(Oc2ccc(Cl)cc2[N+](=O)[O-])cc1)Cc1ccc(F)cc1. The molecule has 10 heteroatoms. The van der Waals surface area contributed by atoms with Crippen LogP contribution in [-0.2, 0) is 11.2 Å². The van der Waals surface area contributed by atoms with Crippen LogP contribution in [0.2, 0.25) is 5.02 Å². The number of carbonyl (C=O) groups excluding carboxylic acids is 2. The molecule has 3 aromatic carbocycles. The first-order valence-corrected chi connectivity index (χ1v) is 10.1. The van der Waals surface area contributed by atoms with Gasteiger partial charge < -0.3 is 15.8 Å². The summed E-state index contributed by atoms with van der Waals surface area (Å²) in [5, 5.41) is 14.0. The second kappa shape index (κ2) is 10.6. The van der Waals surface area contributed by atoms with Crippen LogP contribution in [0.1, 0.15) is 15.9 Å². The van der Waals surface area contributed by atoms with Gasteiger partial charge in [0.1, 0.15) is 11.6 Å². The first-order chi connectivity index (χ1) is 15.7. The molecule has 0 fully saturated rings. The van der Waals surface area contributed by atoms with E-state index in [1.165, 1.54) is 54.6 Å². The molecule has 2 amide bonds. The molecule has 0 aliphatic heterocycles. The summed E-state index contributed by atoms with van der Waals surface area (Å²) in [6, 6.07) is 15.6. The van der Waals surface area contributed by atoms with Gasteiger partial charge in [-0.3, -0.25) is 19.7 Å². The summed E-state index contributed by atoms with van der Waals surface area (Å²) in [5.41, 5.74) is 6.15. The van der Waals surface area contributed by atoms with E-state index in [4.69, 9.17) is 22.1 Å². The van der Waals surface area contributed by atoms with Crippen LogP contribution < -0.4 is 15.8 Å². The Morgan fingerprint density at radius 2 is 1.76 bits per heavy atom.